The van der Waals surface area contributed by atoms with Gasteiger partial charge in [-0.25, -0.2) is 0 Å². The number of halogens is 1. The Bertz CT molecular complexity index is 582. The van der Waals surface area contributed by atoms with Crippen LogP contribution in [0.25, 0.3) is 0 Å². The van der Waals surface area contributed by atoms with Crippen molar-refractivity contribution in [1.82, 2.24) is 9.88 Å². The number of pyridine rings is 1. The van der Waals surface area contributed by atoms with E-state index in [1.165, 1.54) is 0 Å². The Kier molecular flexibility index (Phi) is 5.90. The zero-order valence-electron chi connectivity index (χ0n) is 12.2. The second kappa shape index (κ2) is 7.90. The van der Waals surface area contributed by atoms with E-state index in [0.717, 1.165) is 27.9 Å². The number of oxime groups is 1. The first-order chi connectivity index (χ1) is 10.2. The third kappa shape index (κ3) is 4.95. The van der Waals surface area contributed by atoms with E-state index in [4.69, 9.17) is 4.84 Å². The fourth-order valence-electron chi connectivity index (χ4n) is 1.72. The minimum absolute atomic E-state index is 0.549. The molecule has 0 radical (unpaired) electrons. The number of hydrogen-bond acceptors (Lipinski definition) is 4. The van der Waals surface area contributed by atoms with Crippen molar-refractivity contribution < 1.29 is 4.84 Å². The highest BCUT2D eigenvalue weighted by Gasteiger charge is 2.08. The maximum Gasteiger partial charge on any atom is 0.129 e. The maximum absolute atomic E-state index is 5.45. The molecule has 0 aliphatic rings. The first-order valence-corrected chi connectivity index (χ1v) is 7.47. The molecule has 1 aromatic heterocycles. The van der Waals surface area contributed by atoms with Crippen molar-refractivity contribution >= 4 is 21.6 Å². The first-order valence-electron chi connectivity index (χ1n) is 6.68. The molecule has 110 valence electrons. The van der Waals surface area contributed by atoms with Crippen LogP contribution in [0.3, 0.4) is 0 Å². The second-order valence-corrected chi connectivity index (χ2v) is 5.74. The van der Waals surface area contributed by atoms with Crippen molar-refractivity contribution in [3.8, 4) is 0 Å². The molecule has 0 unspecified atom stereocenters. The van der Waals surface area contributed by atoms with Gasteiger partial charge in [-0.2, -0.15) is 0 Å². The number of benzene rings is 1. The van der Waals surface area contributed by atoms with E-state index >= 15 is 0 Å². The highest BCUT2D eigenvalue weighted by Crippen LogP contribution is 2.15. The molecule has 1 aromatic carbocycles. The number of aromatic nitrogens is 1. The normalized spacial score (nSPS) is 11.7. The Hall–Kier alpha value is -1.72. The summed E-state index contributed by atoms with van der Waals surface area (Å²) < 4.78 is 1.03. The average molecular weight is 348 g/mol. The van der Waals surface area contributed by atoms with Gasteiger partial charge in [-0.15, -0.1) is 0 Å². The lowest BCUT2D eigenvalue weighted by Gasteiger charge is -2.10. The molecule has 2 rings (SSSR count). The Morgan fingerprint density at radius 1 is 1.19 bits per heavy atom. The van der Waals surface area contributed by atoms with Crippen LogP contribution < -0.4 is 0 Å². The number of hydrogen-bond donors (Lipinski definition) is 0. The third-order valence-corrected chi connectivity index (χ3v) is 3.37. The zero-order chi connectivity index (χ0) is 15.1. The summed E-state index contributed by atoms with van der Waals surface area (Å²) in [5.41, 5.74) is 2.72. The van der Waals surface area contributed by atoms with Crippen molar-refractivity contribution in [2.24, 2.45) is 5.16 Å². The van der Waals surface area contributed by atoms with Crippen LogP contribution in [0.1, 0.15) is 11.1 Å². The highest BCUT2D eigenvalue weighted by atomic mass is 79.9. The first kappa shape index (κ1) is 15.7. The van der Waals surface area contributed by atoms with E-state index in [-0.39, 0.29) is 0 Å². The molecular weight excluding hydrogens is 330 g/mol. The van der Waals surface area contributed by atoms with Gasteiger partial charge in [0, 0.05) is 34.5 Å². The average Bonchev–Trinajstić information content (AvgIpc) is 2.49. The summed E-state index contributed by atoms with van der Waals surface area (Å²) in [5.74, 6) is 0. The van der Waals surface area contributed by atoms with Gasteiger partial charge < -0.3 is 9.74 Å². The molecule has 0 saturated carbocycles. The highest BCUT2D eigenvalue weighted by molar-refractivity contribution is 9.10. The van der Waals surface area contributed by atoms with Gasteiger partial charge in [0.15, 0.2) is 0 Å². The molecule has 0 fully saturated rings. The molecule has 1 heterocycles. The SMILES string of the molecule is CN(C)CCO/N=C(\c1ccc(Br)cc1)c1cccnc1. The smallest absolute Gasteiger partial charge is 0.129 e. The Labute approximate surface area is 133 Å². The molecule has 0 bridgehead atoms. The van der Waals surface area contributed by atoms with E-state index in [1.807, 2.05) is 50.5 Å². The van der Waals surface area contributed by atoms with Gasteiger partial charge >= 0.3 is 0 Å². The Balaban J connectivity index is 2.22. The lowest BCUT2D eigenvalue weighted by molar-refractivity contribution is 0.126. The van der Waals surface area contributed by atoms with Gasteiger partial charge in [-0.1, -0.05) is 33.2 Å². The maximum atomic E-state index is 5.45. The summed E-state index contributed by atoms with van der Waals surface area (Å²) in [6, 6.07) is 11.9. The lowest BCUT2D eigenvalue weighted by atomic mass is 10.0. The molecule has 0 saturated heterocycles. The standard InChI is InChI=1S/C16H18BrN3O/c1-20(2)10-11-21-19-16(14-4-3-9-18-12-14)13-5-7-15(17)8-6-13/h3-9,12H,10-11H2,1-2H3/b19-16+. The number of likely N-dealkylation sites (N-methyl/N-ethyl adjacent to an activating group) is 1. The second-order valence-electron chi connectivity index (χ2n) is 4.82. The van der Waals surface area contributed by atoms with E-state index < -0.39 is 0 Å². The summed E-state index contributed by atoms with van der Waals surface area (Å²) in [6.07, 6.45) is 3.53. The van der Waals surface area contributed by atoms with Crippen LogP contribution in [0.5, 0.6) is 0 Å². The van der Waals surface area contributed by atoms with Crippen molar-refractivity contribution in [3.05, 3.63) is 64.4 Å². The third-order valence-electron chi connectivity index (χ3n) is 2.84. The van der Waals surface area contributed by atoms with Gasteiger partial charge in [0.2, 0.25) is 0 Å². The van der Waals surface area contributed by atoms with Gasteiger partial charge in [-0.3, -0.25) is 4.98 Å². The minimum Gasteiger partial charge on any atom is -0.394 e. The molecule has 5 heteroatoms. The van der Waals surface area contributed by atoms with Gasteiger partial charge in [0.25, 0.3) is 0 Å². The van der Waals surface area contributed by atoms with E-state index in [1.54, 1.807) is 12.4 Å². The summed E-state index contributed by atoms with van der Waals surface area (Å²) in [6.45, 7) is 1.37. The lowest BCUT2D eigenvalue weighted by Crippen LogP contribution is -2.17. The van der Waals surface area contributed by atoms with E-state index in [2.05, 4.69) is 31.0 Å². The molecule has 4 nitrogen and oxygen atoms in total. The van der Waals surface area contributed by atoms with Crippen LogP contribution in [-0.4, -0.2) is 42.8 Å². The summed E-state index contributed by atoms with van der Waals surface area (Å²) in [5, 5.41) is 4.30. The van der Waals surface area contributed by atoms with Crippen LogP contribution in [0.15, 0.2) is 58.4 Å². The molecule has 0 N–H and O–H groups in total. The predicted molar refractivity (Wildman–Crippen MR) is 88.5 cm³/mol. The van der Waals surface area contributed by atoms with Gasteiger partial charge in [0.05, 0.1) is 0 Å². The number of rotatable bonds is 6. The summed E-state index contributed by atoms with van der Waals surface area (Å²) in [7, 11) is 4.01. The van der Waals surface area contributed by atoms with Crippen LogP contribution in [-0.2, 0) is 4.84 Å². The van der Waals surface area contributed by atoms with Crippen LogP contribution >= 0.6 is 15.9 Å². The van der Waals surface area contributed by atoms with Crippen LogP contribution in [0.4, 0.5) is 0 Å². The molecular formula is C16H18BrN3O. The molecule has 0 aliphatic carbocycles. The Morgan fingerprint density at radius 2 is 1.95 bits per heavy atom. The predicted octanol–water partition coefficient (Wildman–Crippen LogP) is 3.17. The zero-order valence-corrected chi connectivity index (χ0v) is 13.7. The van der Waals surface area contributed by atoms with Crippen molar-refractivity contribution in [3.63, 3.8) is 0 Å². The molecule has 21 heavy (non-hydrogen) atoms. The van der Waals surface area contributed by atoms with Crippen molar-refractivity contribution in [2.45, 2.75) is 0 Å². The number of nitrogens with zero attached hydrogens (tertiary/aromatic N) is 3. The molecule has 0 aliphatic heterocycles. The van der Waals surface area contributed by atoms with E-state index in [9.17, 15) is 0 Å². The monoisotopic (exact) mass is 347 g/mol. The van der Waals surface area contributed by atoms with E-state index in [0.29, 0.717) is 6.61 Å². The largest absolute Gasteiger partial charge is 0.394 e. The van der Waals surface area contributed by atoms with Gasteiger partial charge in [-0.05, 0) is 38.4 Å². The molecule has 0 amide bonds. The molecule has 2 aromatic rings. The van der Waals surface area contributed by atoms with Crippen LogP contribution in [0.2, 0.25) is 0 Å². The fourth-order valence-corrected chi connectivity index (χ4v) is 1.98. The van der Waals surface area contributed by atoms with Crippen molar-refractivity contribution in [2.75, 3.05) is 27.2 Å². The Morgan fingerprint density at radius 3 is 2.57 bits per heavy atom. The summed E-state index contributed by atoms with van der Waals surface area (Å²) in [4.78, 5) is 11.7. The van der Waals surface area contributed by atoms with Gasteiger partial charge in [0.1, 0.15) is 12.3 Å². The van der Waals surface area contributed by atoms with Crippen molar-refractivity contribution in [1.29, 1.82) is 0 Å². The quantitative estimate of drug-likeness (QED) is 0.457. The topological polar surface area (TPSA) is 37.7 Å². The minimum atomic E-state index is 0.549. The summed E-state index contributed by atoms with van der Waals surface area (Å²) >= 11 is 3.44. The van der Waals surface area contributed by atoms with Crippen LogP contribution in [0, 0.1) is 0 Å². The molecule has 0 atom stereocenters. The fraction of sp³-hybridized carbons (Fsp3) is 0.250. The molecule has 0 spiro atoms.